The van der Waals surface area contributed by atoms with Crippen molar-refractivity contribution in [3.63, 3.8) is 0 Å². The number of carboxylic acids is 1. The van der Waals surface area contributed by atoms with E-state index in [1.807, 2.05) is 0 Å². The van der Waals surface area contributed by atoms with E-state index in [0.717, 1.165) is 26.3 Å². The number of aliphatic hydroxyl groups excluding tert-OH is 1. The molecule has 0 aromatic rings. The Morgan fingerprint density at radius 1 is 1.40 bits per heavy atom. The quantitative estimate of drug-likeness (QED) is 0.652. The fourth-order valence-electron chi connectivity index (χ4n) is 1.66. The average molecular weight is 217 g/mol. The number of carbonyl (C=O) groups is 1. The van der Waals surface area contributed by atoms with Gasteiger partial charge >= 0.3 is 5.97 Å². The van der Waals surface area contributed by atoms with Crippen LogP contribution in [0.5, 0.6) is 0 Å². The molecule has 1 unspecified atom stereocenters. The van der Waals surface area contributed by atoms with Crippen molar-refractivity contribution in [2.24, 2.45) is 0 Å². The highest BCUT2D eigenvalue weighted by Crippen LogP contribution is 2.05. The summed E-state index contributed by atoms with van der Waals surface area (Å²) in [5.41, 5.74) is 0. The highest BCUT2D eigenvalue weighted by molar-refractivity contribution is 5.66. The van der Waals surface area contributed by atoms with Crippen LogP contribution in [-0.2, 0) is 9.53 Å². The van der Waals surface area contributed by atoms with Crippen molar-refractivity contribution in [3.8, 4) is 0 Å². The summed E-state index contributed by atoms with van der Waals surface area (Å²) in [5.74, 6) is -0.798. The number of carboxylic acid groups (broad SMARTS) is 1. The molecule has 0 spiro atoms. The van der Waals surface area contributed by atoms with Crippen LogP contribution in [0.3, 0.4) is 0 Å². The Morgan fingerprint density at radius 3 is 2.67 bits per heavy atom. The third kappa shape index (κ3) is 5.71. The molecule has 1 heterocycles. The Bertz CT molecular complexity index is 192. The van der Waals surface area contributed by atoms with Gasteiger partial charge < -0.3 is 14.9 Å². The number of nitrogens with zero attached hydrogens (tertiary/aromatic N) is 1. The summed E-state index contributed by atoms with van der Waals surface area (Å²) in [6, 6.07) is 0. The van der Waals surface area contributed by atoms with Crippen LogP contribution in [-0.4, -0.2) is 60.0 Å². The predicted octanol–water partition coefficient (Wildman–Crippen LogP) is -0.0656. The van der Waals surface area contributed by atoms with Gasteiger partial charge in [-0.2, -0.15) is 0 Å². The van der Waals surface area contributed by atoms with Crippen molar-refractivity contribution >= 4 is 5.97 Å². The molecule has 1 atom stereocenters. The van der Waals surface area contributed by atoms with Gasteiger partial charge in [0.2, 0.25) is 0 Å². The molecule has 0 bridgehead atoms. The largest absolute Gasteiger partial charge is 0.481 e. The van der Waals surface area contributed by atoms with Crippen LogP contribution in [0.1, 0.15) is 19.3 Å². The minimum atomic E-state index is -0.798. The van der Waals surface area contributed by atoms with E-state index in [4.69, 9.17) is 9.84 Å². The Kier molecular flexibility index (Phi) is 5.60. The van der Waals surface area contributed by atoms with Gasteiger partial charge in [-0.15, -0.1) is 0 Å². The van der Waals surface area contributed by atoms with Crippen molar-refractivity contribution in [2.45, 2.75) is 25.4 Å². The average Bonchev–Trinajstić information content (AvgIpc) is 2.18. The SMILES string of the molecule is O=C(O)CCCC(O)CN1CCOCC1. The normalized spacial score (nSPS) is 20.1. The molecule has 0 saturated carbocycles. The molecule has 1 saturated heterocycles. The van der Waals surface area contributed by atoms with E-state index in [0.29, 0.717) is 19.4 Å². The lowest BCUT2D eigenvalue weighted by atomic mass is 10.1. The molecule has 1 aliphatic rings. The Hall–Kier alpha value is -0.650. The highest BCUT2D eigenvalue weighted by Gasteiger charge is 2.14. The zero-order chi connectivity index (χ0) is 11.1. The molecule has 0 radical (unpaired) electrons. The van der Waals surface area contributed by atoms with Crippen LogP contribution in [0.25, 0.3) is 0 Å². The van der Waals surface area contributed by atoms with Crippen molar-refractivity contribution in [3.05, 3.63) is 0 Å². The lowest BCUT2D eigenvalue weighted by Gasteiger charge is -2.28. The van der Waals surface area contributed by atoms with Gasteiger partial charge in [0.15, 0.2) is 0 Å². The van der Waals surface area contributed by atoms with Crippen molar-refractivity contribution < 1.29 is 19.7 Å². The number of morpholine rings is 1. The minimum absolute atomic E-state index is 0.139. The van der Waals surface area contributed by atoms with Crippen LogP contribution in [0.2, 0.25) is 0 Å². The number of ether oxygens (including phenoxy) is 1. The molecule has 0 aromatic heterocycles. The Morgan fingerprint density at radius 2 is 2.07 bits per heavy atom. The standard InChI is InChI=1S/C10H19NO4/c12-9(2-1-3-10(13)14)8-11-4-6-15-7-5-11/h9,12H,1-8H2,(H,13,14). The summed E-state index contributed by atoms with van der Waals surface area (Å²) in [7, 11) is 0. The predicted molar refractivity (Wildman–Crippen MR) is 54.8 cm³/mol. The molecule has 2 N–H and O–H groups in total. The van der Waals surface area contributed by atoms with Crippen LogP contribution < -0.4 is 0 Å². The summed E-state index contributed by atoms with van der Waals surface area (Å²) < 4.78 is 5.19. The Balaban J connectivity index is 2.06. The summed E-state index contributed by atoms with van der Waals surface area (Å²) in [5, 5.41) is 18.1. The van der Waals surface area contributed by atoms with Gasteiger partial charge in [-0.25, -0.2) is 0 Å². The number of hydrogen-bond acceptors (Lipinski definition) is 4. The molecule has 5 nitrogen and oxygen atoms in total. The van der Waals surface area contributed by atoms with Crippen LogP contribution in [0, 0.1) is 0 Å². The van der Waals surface area contributed by atoms with Gasteiger partial charge in [-0.3, -0.25) is 9.69 Å². The number of β-amino-alcohol motifs (C(OH)–C–C–N with tert-alkyl or cyclic N) is 1. The molecule has 0 aromatic carbocycles. The van der Waals surface area contributed by atoms with E-state index in [-0.39, 0.29) is 6.42 Å². The van der Waals surface area contributed by atoms with Gasteiger partial charge in [0.1, 0.15) is 0 Å². The summed E-state index contributed by atoms with van der Waals surface area (Å²) >= 11 is 0. The van der Waals surface area contributed by atoms with Gasteiger partial charge in [0.05, 0.1) is 19.3 Å². The number of aliphatic carboxylic acids is 1. The fourth-order valence-corrected chi connectivity index (χ4v) is 1.66. The molecule has 1 aliphatic heterocycles. The monoisotopic (exact) mass is 217 g/mol. The van der Waals surface area contributed by atoms with Crippen LogP contribution in [0.15, 0.2) is 0 Å². The molecule has 5 heteroatoms. The van der Waals surface area contributed by atoms with E-state index >= 15 is 0 Å². The van der Waals surface area contributed by atoms with Crippen LogP contribution >= 0.6 is 0 Å². The molecule has 88 valence electrons. The number of aliphatic hydroxyl groups is 1. The topological polar surface area (TPSA) is 70.0 Å². The van der Waals surface area contributed by atoms with Gasteiger partial charge in [0, 0.05) is 26.1 Å². The summed E-state index contributed by atoms with van der Waals surface area (Å²) in [6.07, 6.45) is 0.826. The maximum absolute atomic E-state index is 10.3. The maximum Gasteiger partial charge on any atom is 0.303 e. The van der Waals surface area contributed by atoms with Gasteiger partial charge in [0.25, 0.3) is 0 Å². The van der Waals surface area contributed by atoms with E-state index < -0.39 is 12.1 Å². The second-order valence-corrected chi connectivity index (χ2v) is 3.85. The van der Waals surface area contributed by atoms with Crippen molar-refractivity contribution in [1.82, 2.24) is 4.90 Å². The first kappa shape index (κ1) is 12.4. The van der Waals surface area contributed by atoms with Gasteiger partial charge in [-0.1, -0.05) is 0 Å². The third-order valence-corrected chi connectivity index (χ3v) is 2.50. The van der Waals surface area contributed by atoms with E-state index in [2.05, 4.69) is 4.90 Å². The molecule has 1 fully saturated rings. The summed E-state index contributed by atoms with van der Waals surface area (Å²) in [4.78, 5) is 12.4. The molecule has 15 heavy (non-hydrogen) atoms. The molecular weight excluding hydrogens is 198 g/mol. The van der Waals surface area contributed by atoms with E-state index in [1.54, 1.807) is 0 Å². The van der Waals surface area contributed by atoms with Crippen LogP contribution in [0.4, 0.5) is 0 Å². The fraction of sp³-hybridized carbons (Fsp3) is 0.900. The van der Waals surface area contributed by atoms with Crippen molar-refractivity contribution in [1.29, 1.82) is 0 Å². The first-order valence-electron chi connectivity index (χ1n) is 5.38. The Labute approximate surface area is 89.6 Å². The summed E-state index contributed by atoms with van der Waals surface area (Å²) in [6.45, 7) is 3.79. The lowest BCUT2D eigenvalue weighted by Crippen LogP contribution is -2.40. The molecule has 1 rings (SSSR count). The lowest BCUT2D eigenvalue weighted by molar-refractivity contribution is -0.137. The number of rotatable bonds is 6. The van der Waals surface area contributed by atoms with E-state index in [1.165, 1.54) is 0 Å². The maximum atomic E-state index is 10.3. The molecule has 0 amide bonds. The van der Waals surface area contributed by atoms with Gasteiger partial charge in [-0.05, 0) is 12.8 Å². The molecular formula is C10H19NO4. The number of hydrogen-bond donors (Lipinski definition) is 2. The molecule has 0 aliphatic carbocycles. The zero-order valence-electron chi connectivity index (χ0n) is 8.89. The zero-order valence-corrected chi connectivity index (χ0v) is 8.89. The minimum Gasteiger partial charge on any atom is -0.481 e. The third-order valence-electron chi connectivity index (χ3n) is 2.50. The first-order chi connectivity index (χ1) is 7.18. The van der Waals surface area contributed by atoms with Crippen molar-refractivity contribution in [2.75, 3.05) is 32.8 Å². The second-order valence-electron chi connectivity index (χ2n) is 3.85. The highest BCUT2D eigenvalue weighted by atomic mass is 16.5. The van der Waals surface area contributed by atoms with E-state index in [9.17, 15) is 9.90 Å². The second kappa shape index (κ2) is 6.76. The first-order valence-corrected chi connectivity index (χ1v) is 5.38. The smallest absolute Gasteiger partial charge is 0.303 e.